The Morgan fingerprint density at radius 3 is 2.23 bits per heavy atom. The van der Waals surface area contributed by atoms with Crippen molar-refractivity contribution in [2.45, 2.75) is 24.9 Å². The Morgan fingerprint density at radius 2 is 1.63 bits per heavy atom. The number of carbonyl (C=O) groups is 1. The summed E-state index contributed by atoms with van der Waals surface area (Å²) in [4.78, 5) is 12.7. The zero-order valence-corrected chi connectivity index (χ0v) is 20.6. The molecule has 0 spiro atoms. The van der Waals surface area contributed by atoms with Gasteiger partial charge in [-0.2, -0.15) is 13.2 Å². The van der Waals surface area contributed by atoms with E-state index in [1.807, 2.05) is 0 Å². The summed E-state index contributed by atoms with van der Waals surface area (Å²) in [5, 5.41) is 2.00. The quantitative estimate of drug-likeness (QED) is 0.421. The summed E-state index contributed by atoms with van der Waals surface area (Å²) in [6.45, 7) is 2.71. The normalized spacial score (nSPS) is 11.7. The van der Waals surface area contributed by atoms with Gasteiger partial charge in [-0.05, 0) is 61.9 Å². The van der Waals surface area contributed by atoms with E-state index >= 15 is 0 Å². The average molecular weight is 527 g/mol. The molecule has 0 aliphatic rings. The highest BCUT2D eigenvalue weighted by atomic mass is 35.5. The number of carbonyl (C=O) groups excluding carboxylic acids is 1. The molecule has 3 rings (SSSR count). The van der Waals surface area contributed by atoms with Gasteiger partial charge in [-0.25, -0.2) is 8.42 Å². The first-order valence-electron chi connectivity index (χ1n) is 10.2. The lowest BCUT2D eigenvalue weighted by atomic mass is 10.1. The fourth-order valence-corrected chi connectivity index (χ4v) is 5.15. The van der Waals surface area contributed by atoms with Crippen LogP contribution in [0, 0.1) is 13.8 Å². The largest absolute Gasteiger partial charge is 0.495 e. The van der Waals surface area contributed by atoms with E-state index in [4.69, 9.17) is 16.3 Å². The molecule has 1 amide bonds. The number of anilines is 2. The molecular weight excluding hydrogens is 505 g/mol. The molecule has 35 heavy (non-hydrogen) atoms. The monoisotopic (exact) mass is 526 g/mol. The van der Waals surface area contributed by atoms with Crippen LogP contribution >= 0.6 is 11.6 Å². The van der Waals surface area contributed by atoms with Gasteiger partial charge in [-0.15, -0.1) is 0 Å². The molecule has 0 fully saturated rings. The van der Waals surface area contributed by atoms with E-state index in [9.17, 15) is 26.4 Å². The van der Waals surface area contributed by atoms with Gasteiger partial charge in [0.15, 0.2) is 0 Å². The topological polar surface area (TPSA) is 75.7 Å². The van der Waals surface area contributed by atoms with E-state index in [0.717, 1.165) is 15.9 Å². The van der Waals surface area contributed by atoms with Crippen LogP contribution < -0.4 is 14.4 Å². The van der Waals surface area contributed by atoms with Crippen molar-refractivity contribution in [1.82, 2.24) is 0 Å². The standard InChI is InChI=1S/C24H22ClF3N2O4S/c1-15-4-8-18(9-5-15)30(35(32,33)22-12-16(2)6-11-21(22)34-3)14-23(31)29-20-10-7-17(25)13-19(20)24(26,27)28/h4-13H,14H2,1-3H3,(H,29,31). The van der Waals surface area contributed by atoms with Crippen molar-refractivity contribution in [1.29, 1.82) is 0 Å². The van der Waals surface area contributed by atoms with Gasteiger partial charge in [0.1, 0.15) is 17.2 Å². The number of nitrogens with zero attached hydrogens (tertiary/aromatic N) is 1. The van der Waals surface area contributed by atoms with Crippen molar-refractivity contribution in [3.63, 3.8) is 0 Å². The molecule has 0 saturated heterocycles. The predicted molar refractivity (Wildman–Crippen MR) is 129 cm³/mol. The molecule has 6 nitrogen and oxygen atoms in total. The van der Waals surface area contributed by atoms with Gasteiger partial charge in [0.2, 0.25) is 5.91 Å². The number of halogens is 4. The van der Waals surface area contributed by atoms with E-state index in [0.29, 0.717) is 11.6 Å². The van der Waals surface area contributed by atoms with Gasteiger partial charge in [0, 0.05) is 5.02 Å². The summed E-state index contributed by atoms with van der Waals surface area (Å²) < 4.78 is 73.7. The van der Waals surface area contributed by atoms with Crippen molar-refractivity contribution in [3.8, 4) is 5.75 Å². The van der Waals surface area contributed by atoms with Crippen LogP contribution in [0.4, 0.5) is 24.5 Å². The second-order valence-corrected chi connectivity index (χ2v) is 10.0. The summed E-state index contributed by atoms with van der Waals surface area (Å²) >= 11 is 5.69. The number of alkyl halides is 3. The first kappa shape index (κ1) is 26.4. The Kier molecular flexibility index (Phi) is 7.66. The van der Waals surface area contributed by atoms with Crippen LogP contribution in [0.25, 0.3) is 0 Å². The number of aryl methyl sites for hydroxylation is 2. The maximum atomic E-state index is 13.7. The second-order valence-electron chi connectivity index (χ2n) is 7.74. The molecule has 3 aromatic carbocycles. The zero-order chi connectivity index (χ0) is 26.0. The van der Waals surface area contributed by atoms with Gasteiger partial charge in [0.05, 0.1) is 24.0 Å². The maximum absolute atomic E-state index is 13.7. The highest BCUT2D eigenvalue weighted by Crippen LogP contribution is 2.37. The first-order chi connectivity index (χ1) is 16.3. The molecule has 0 aromatic heterocycles. The zero-order valence-electron chi connectivity index (χ0n) is 19.0. The van der Waals surface area contributed by atoms with Crippen molar-refractivity contribution in [2.24, 2.45) is 0 Å². The minimum atomic E-state index is -4.79. The van der Waals surface area contributed by atoms with Gasteiger partial charge >= 0.3 is 6.18 Å². The van der Waals surface area contributed by atoms with Crippen molar-refractivity contribution >= 4 is 38.9 Å². The van der Waals surface area contributed by atoms with Crippen molar-refractivity contribution in [2.75, 3.05) is 23.3 Å². The summed E-state index contributed by atoms with van der Waals surface area (Å²) in [5.74, 6) is -0.918. The average Bonchev–Trinajstić information content (AvgIpc) is 2.78. The van der Waals surface area contributed by atoms with Crippen LogP contribution in [0.3, 0.4) is 0 Å². The summed E-state index contributed by atoms with van der Waals surface area (Å²) in [6, 6.07) is 13.8. The van der Waals surface area contributed by atoms with Crippen LogP contribution in [-0.4, -0.2) is 28.0 Å². The minimum absolute atomic E-state index is 0.0604. The summed E-state index contributed by atoms with van der Waals surface area (Å²) in [7, 11) is -3.05. The van der Waals surface area contributed by atoms with Crippen LogP contribution in [-0.2, 0) is 21.0 Å². The number of benzene rings is 3. The van der Waals surface area contributed by atoms with Crippen LogP contribution in [0.2, 0.25) is 5.02 Å². The van der Waals surface area contributed by atoms with Crippen LogP contribution in [0.15, 0.2) is 65.6 Å². The molecule has 0 atom stereocenters. The Morgan fingerprint density at radius 1 is 1.00 bits per heavy atom. The highest BCUT2D eigenvalue weighted by molar-refractivity contribution is 7.93. The smallest absolute Gasteiger partial charge is 0.418 e. The van der Waals surface area contributed by atoms with Gasteiger partial charge in [-0.1, -0.05) is 35.4 Å². The number of sulfonamides is 1. The van der Waals surface area contributed by atoms with Gasteiger partial charge < -0.3 is 10.1 Å². The van der Waals surface area contributed by atoms with Gasteiger partial charge in [0.25, 0.3) is 10.0 Å². The SMILES string of the molecule is COc1ccc(C)cc1S(=O)(=O)N(CC(=O)Nc1ccc(Cl)cc1C(F)(F)F)c1ccc(C)cc1. The van der Waals surface area contributed by atoms with E-state index in [1.54, 1.807) is 32.0 Å². The Bertz CT molecular complexity index is 1340. The molecule has 0 unspecified atom stereocenters. The van der Waals surface area contributed by atoms with Crippen molar-refractivity contribution < 1.29 is 31.1 Å². The van der Waals surface area contributed by atoms with E-state index in [2.05, 4.69) is 5.32 Å². The van der Waals surface area contributed by atoms with Crippen LogP contribution in [0.5, 0.6) is 5.75 Å². The lowest BCUT2D eigenvalue weighted by Gasteiger charge is -2.25. The summed E-state index contributed by atoms with van der Waals surface area (Å²) in [6.07, 6.45) is -4.79. The van der Waals surface area contributed by atoms with Crippen molar-refractivity contribution in [3.05, 3.63) is 82.4 Å². The molecule has 0 aliphatic heterocycles. The fraction of sp³-hybridized carbons (Fsp3) is 0.208. The van der Waals surface area contributed by atoms with E-state index in [-0.39, 0.29) is 21.4 Å². The predicted octanol–water partition coefficient (Wildman–Crippen LogP) is 5.82. The second kappa shape index (κ2) is 10.2. The third kappa shape index (κ3) is 6.07. The number of hydrogen-bond donors (Lipinski definition) is 1. The highest BCUT2D eigenvalue weighted by Gasteiger charge is 2.35. The first-order valence-corrected chi connectivity index (χ1v) is 12.1. The third-order valence-electron chi connectivity index (χ3n) is 5.06. The summed E-state index contributed by atoms with van der Waals surface area (Å²) in [5.41, 5.74) is -0.0560. The number of rotatable bonds is 7. The Balaban J connectivity index is 2.04. The molecular formula is C24H22ClF3N2O4S. The number of methoxy groups -OCH3 is 1. The fourth-order valence-electron chi connectivity index (χ4n) is 3.31. The molecule has 0 saturated carbocycles. The number of hydrogen-bond acceptors (Lipinski definition) is 4. The molecule has 0 aliphatic carbocycles. The number of nitrogens with one attached hydrogen (secondary N) is 1. The molecule has 0 heterocycles. The Hall–Kier alpha value is -3.24. The molecule has 11 heteroatoms. The minimum Gasteiger partial charge on any atom is -0.495 e. The molecule has 1 N–H and O–H groups in total. The number of ether oxygens (including phenoxy) is 1. The molecule has 3 aromatic rings. The lowest BCUT2D eigenvalue weighted by Crippen LogP contribution is -2.38. The van der Waals surface area contributed by atoms with E-state index < -0.39 is 39.9 Å². The molecule has 0 bridgehead atoms. The van der Waals surface area contributed by atoms with Gasteiger partial charge in [-0.3, -0.25) is 9.10 Å². The molecule has 186 valence electrons. The number of amides is 1. The maximum Gasteiger partial charge on any atom is 0.418 e. The Labute approximate surface area is 206 Å². The van der Waals surface area contributed by atoms with E-state index in [1.165, 1.54) is 37.4 Å². The third-order valence-corrected chi connectivity index (χ3v) is 7.09. The van der Waals surface area contributed by atoms with Crippen LogP contribution in [0.1, 0.15) is 16.7 Å². The molecule has 0 radical (unpaired) electrons. The lowest BCUT2D eigenvalue weighted by molar-refractivity contribution is -0.137.